The average molecular weight is 207 g/mol. The third kappa shape index (κ3) is 1.84. The average Bonchev–Trinajstić information content (AvgIpc) is 1.90. The van der Waals surface area contributed by atoms with Crippen LogP contribution in [0.2, 0.25) is 0 Å². The summed E-state index contributed by atoms with van der Waals surface area (Å²) in [7, 11) is 0. The second kappa shape index (κ2) is 2.89. The van der Waals surface area contributed by atoms with Crippen LogP contribution in [-0.4, -0.2) is 10.2 Å². The van der Waals surface area contributed by atoms with E-state index in [1.54, 1.807) is 0 Å². The fourth-order valence-corrected chi connectivity index (χ4v) is 1.28. The van der Waals surface area contributed by atoms with E-state index in [1.807, 2.05) is 12.2 Å². The van der Waals surface area contributed by atoms with Crippen LogP contribution in [-0.2, 0) is 0 Å². The lowest BCUT2D eigenvalue weighted by atomic mass is 10.0. The summed E-state index contributed by atoms with van der Waals surface area (Å²) >= 11 is 9.21. The summed E-state index contributed by atoms with van der Waals surface area (Å²) in [6, 6.07) is 0. The van der Waals surface area contributed by atoms with Crippen molar-refractivity contribution in [1.29, 1.82) is 0 Å². The van der Waals surface area contributed by atoms with Crippen LogP contribution in [0.1, 0.15) is 6.42 Å². The lowest BCUT2D eigenvalue weighted by molar-refractivity contribution is 0.823. The molecule has 0 aromatic rings. The zero-order valence-electron chi connectivity index (χ0n) is 4.98. The van der Waals surface area contributed by atoms with Crippen molar-refractivity contribution in [3.05, 3.63) is 24.3 Å². The molecule has 1 atom stereocenters. The van der Waals surface area contributed by atoms with Crippen LogP contribution in [0.5, 0.6) is 0 Å². The van der Waals surface area contributed by atoms with Gasteiger partial charge in [0, 0.05) is 5.88 Å². The van der Waals surface area contributed by atoms with Crippen molar-refractivity contribution in [2.24, 2.45) is 0 Å². The molecule has 2 heteroatoms. The normalized spacial score (nSPS) is 33.1. The van der Waals surface area contributed by atoms with Crippen LogP contribution >= 0.6 is 27.5 Å². The number of hydrogen-bond acceptors (Lipinski definition) is 0. The Morgan fingerprint density at radius 2 is 2.33 bits per heavy atom. The Balaban J connectivity index is 2.63. The zero-order chi connectivity index (χ0) is 6.74. The largest absolute Gasteiger partial charge is 0.125 e. The van der Waals surface area contributed by atoms with Crippen molar-refractivity contribution >= 4 is 27.5 Å². The fourth-order valence-electron chi connectivity index (χ4n) is 0.738. The quantitative estimate of drug-likeness (QED) is 0.580. The minimum atomic E-state index is 0.0311. The highest BCUT2D eigenvalue weighted by Gasteiger charge is 2.20. The molecule has 1 rings (SSSR count). The highest BCUT2D eigenvalue weighted by Crippen LogP contribution is 2.28. The van der Waals surface area contributed by atoms with Crippen LogP contribution in [0.25, 0.3) is 0 Å². The second-order valence-electron chi connectivity index (χ2n) is 2.16. The Kier molecular flexibility index (Phi) is 2.36. The predicted octanol–water partition coefficient (Wildman–Crippen LogP) is 2.88. The molecule has 0 saturated heterocycles. The van der Waals surface area contributed by atoms with Gasteiger partial charge in [0.05, 0.1) is 4.32 Å². The monoisotopic (exact) mass is 206 g/mol. The summed E-state index contributed by atoms with van der Waals surface area (Å²) in [5, 5.41) is 0. The van der Waals surface area contributed by atoms with E-state index in [2.05, 4.69) is 28.1 Å². The summed E-state index contributed by atoms with van der Waals surface area (Å²) in [5.74, 6) is 0.633. The van der Waals surface area contributed by atoms with Crippen molar-refractivity contribution in [3.63, 3.8) is 0 Å². The topological polar surface area (TPSA) is 0 Å². The van der Waals surface area contributed by atoms with Gasteiger partial charge in [0.2, 0.25) is 0 Å². The third-order valence-corrected chi connectivity index (χ3v) is 2.99. The van der Waals surface area contributed by atoms with Gasteiger partial charge in [-0.3, -0.25) is 0 Å². The molecule has 0 spiro atoms. The number of allylic oxidation sites excluding steroid dienone is 4. The first-order valence-electron chi connectivity index (χ1n) is 2.86. The van der Waals surface area contributed by atoms with E-state index in [-0.39, 0.29) is 4.32 Å². The molecular weight excluding hydrogens is 199 g/mol. The first-order chi connectivity index (χ1) is 4.27. The number of halogens is 2. The molecule has 1 unspecified atom stereocenters. The third-order valence-electron chi connectivity index (χ3n) is 1.32. The maximum Gasteiger partial charge on any atom is 0.0609 e. The highest BCUT2D eigenvalue weighted by molar-refractivity contribution is 9.10. The van der Waals surface area contributed by atoms with E-state index in [9.17, 15) is 0 Å². The minimum Gasteiger partial charge on any atom is -0.125 e. The molecule has 0 bridgehead atoms. The molecule has 0 heterocycles. The molecule has 50 valence electrons. The van der Waals surface area contributed by atoms with Gasteiger partial charge < -0.3 is 0 Å². The Morgan fingerprint density at radius 3 is 2.67 bits per heavy atom. The molecule has 9 heavy (non-hydrogen) atoms. The summed E-state index contributed by atoms with van der Waals surface area (Å²) < 4.78 is 0.0311. The van der Waals surface area contributed by atoms with Gasteiger partial charge in [-0.2, -0.15) is 0 Å². The first-order valence-corrected chi connectivity index (χ1v) is 4.19. The van der Waals surface area contributed by atoms with Gasteiger partial charge in [-0.1, -0.05) is 40.2 Å². The van der Waals surface area contributed by atoms with Gasteiger partial charge >= 0.3 is 0 Å². The Bertz CT molecular complexity index is 151. The fraction of sp³-hybridized carbons (Fsp3) is 0.429. The van der Waals surface area contributed by atoms with Crippen molar-refractivity contribution in [3.8, 4) is 0 Å². The molecule has 1 aliphatic rings. The molecule has 0 radical (unpaired) electrons. The molecule has 0 fully saturated rings. The van der Waals surface area contributed by atoms with Crippen molar-refractivity contribution in [2.45, 2.75) is 10.7 Å². The number of alkyl halides is 2. The van der Waals surface area contributed by atoms with Crippen LogP contribution in [0.15, 0.2) is 24.3 Å². The molecule has 0 aromatic carbocycles. The maximum atomic E-state index is 5.69. The molecule has 1 aliphatic carbocycles. The zero-order valence-corrected chi connectivity index (χ0v) is 7.32. The van der Waals surface area contributed by atoms with Crippen LogP contribution < -0.4 is 0 Å². The standard InChI is InChI=1S/C7H8BrCl/c8-7(6-9)4-2-1-3-5-7/h1-4H,5-6H2. The molecular formula is C7H8BrCl. The number of rotatable bonds is 1. The van der Waals surface area contributed by atoms with E-state index in [0.717, 1.165) is 6.42 Å². The van der Waals surface area contributed by atoms with Gasteiger partial charge in [0.25, 0.3) is 0 Å². The van der Waals surface area contributed by atoms with E-state index in [1.165, 1.54) is 0 Å². The molecule has 0 aliphatic heterocycles. The van der Waals surface area contributed by atoms with Gasteiger partial charge in [-0.25, -0.2) is 0 Å². The van der Waals surface area contributed by atoms with Gasteiger partial charge in [0.1, 0.15) is 0 Å². The summed E-state index contributed by atoms with van der Waals surface area (Å²) in [5.41, 5.74) is 0. The minimum absolute atomic E-state index is 0.0311. The molecule has 0 aromatic heterocycles. The van der Waals surface area contributed by atoms with Crippen LogP contribution in [0.4, 0.5) is 0 Å². The van der Waals surface area contributed by atoms with E-state index >= 15 is 0 Å². The predicted molar refractivity (Wildman–Crippen MR) is 45.3 cm³/mol. The Morgan fingerprint density at radius 1 is 1.56 bits per heavy atom. The Hall–Kier alpha value is 0.250. The van der Waals surface area contributed by atoms with Gasteiger partial charge in [-0.15, -0.1) is 11.6 Å². The Labute approximate surface area is 68.7 Å². The van der Waals surface area contributed by atoms with E-state index in [0.29, 0.717) is 5.88 Å². The van der Waals surface area contributed by atoms with Gasteiger partial charge in [-0.05, 0) is 6.42 Å². The van der Waals surface area contributed by atoms with Crippen LogP contribution in [0, 0.1) is 0 Å². The van der Waals surface area contributed by atoms with Crippen LogP contribution in [0.3, 0.4) is 0 Å². The smallest absolute Gasteiger partial charge is 0.0609 e. The second-order valence-corrected chi connectivity index (χ2v) is 4.01. The lowest BCUT2D eigenvalue weighted by Gasteiger charge is -2.20. The van der Waals surface area contributed by atoms with E-state index < -0.39 is 0 Å². The summed E-state index contributed by atoms with van der Waals surface area (Å²) in [6.45, 7) is 0. The van der Waals surface area contributed by atoms with Gasteiger partial charge in [0.15, 0.2) is 0 Å². The highest BCUT2D eigenvalue weighted by atomic mass is 79.9. The van der Waals surface area contributed by atoms with Crippen molar-refractivity contribution in [1.82, 2.24) is 0 Å². The molecule has 0 amide bonds. The molecule has 0 N–H and O–H groups in total. The maximum absolute atomic E-state index is 5.69. The SMILES string of the molecule is ClCC1(Br)C=CC=CC1. The van der Waals surface area contributed by atoms with Crippen molar-refractivity contribution < 1.29 is 0 Å². The lowest BCUT2D eigenvalue weighted by Crippen LogP contribution is -2.19. The molecule has 0 saturated carbocycles. The van der Waals surface area contributed by atoms with E-state index in [4.69, 9.17) is 11.6 Å². The summed E-state index contributed by atoms with van der Waals surface area (Å²) in [6.07, 6.45) is 9.23. The molecule has 0 nitrogen and oxygen atoms in total. The summed E-state index contributed by atoms with van der Waals surface area (Å²) in [4.78, 5) is 0. The van der Waals surface area contributed by atoms with Crippen molar-refractivity contribution in [2.75, 3.05) is 5.88 Å². The number of hydrogen-bond donors (Lipinski definition) is 0. The first kappa shape index (κ1) is 7.36.